The van der Waals surface area contributed by atoms with E-state index in [0.717, 1.165) is 21.6 Å². The largest absolute Gasteiger partial charge is 0.365 e. The monoisotopic (exact) mass is 283 g/mol. The number of nitrogens with one attached hydrogen (secondary N) is 1. The van der Waals surface area contributed by atoms with E-state index in [1.54, 1.807) is 11.3 Å². The molecule has 1 fully saturated rings. The lowest BCUT2D eigenvalue weighted by Gasteiger charge is -2.11. The van der Waals surface area contributed by atoms with Gasteiger partial charge in [-0.15, -0.1) is 11.3 Å². The third-order valence-electron chi connectivity index (χ3n) is 3.10. The van der Waals surface area contributed by atoms with E-state index >= 15 is 0 Å². The van der Waals surface area contributed by atoms with E-state index < -0.39 is 9.84 Å². The first kappa shape index (κ1) is 11.9. The van der Waals surface area contributed by atoms with Crippen LogP contribution in [0.1, 0.15) is 12.0 Å². The second-order valence-corrected chi connectivity index (χ2v) is 7.67. The maximum Gasteiger partial charge on any atom is 0.152 e. The molecular weight excluding hydrogens is 270 g/mol. The van der Waals surface area contributed by atoms with Gasteiger partial charge in [0.25, 0.3) is 0 Å². The smallest absolute Gasteiger partial charge is 0.152 e. The highest BCUT2D eigenvalue weighted by Gasteiger charge is 2.28. The molecule has 1 aliphatic heterocycles. The predicted molar refractivity (Wildman–Crippen MR) is 72.8 cm³/mol. The lowest BCUT2D eigenvalue weighted by Crippen LogP contribution is -2.21. The quantitative estimate of drug-likeness (QED) is 0.906. The summed E-state index contributed by atoms with van der Waals surface area (Å²) in [5, 5.41) is 5.27. The summed E-state index contributed by atoms with van der Waals surface area (Å²) in [4.78, 5) is 8.47. The Morgan fingerprint density at radius 2 is 2.28 bits per heavy atom. The van der Waals surface area contributed by atoms with Crippen LogP contribution < -0.4 is 5.32 Å². The van der Waals surface area contributed by atoms with Crippen molar-refractivity contribution in [2.24, 2.45) is 0 Å². The summed E-state index contributed by atoms with van der Waals surface area (Å²) in [7, 11) is -2.87. The highest BCUT2D eigenvalue weighted by Crippen LogP contribution is 2.29. The van der Waals surface area contributed by atoms with Crippen LogP contribution in [0, 0.1) is 6.92 Å². The average molecular weight is 283 g/mol. The van der Waals surface area contributed by atoms with Crippen LogP contribution in [0.4, 0.5) is 5.82 Å². The number of nitrogens with zero attached hydrogens (tertiary/aromatic N) is 2. The maximum absolute atomic E-state index is 11.4. The molecule has 3 heterocycles. The molecule has 2 aromatic rings. The molecule has 96 valence electrons. The first-order valence-electron chi connectivity index (χ1n) is 5.71. The fourth-order valence-electron chi connectivity index (χ4n) is 2.17. The number of aromatic nitrogens is 2. The Hall–Kier alpha value is -1.21. The van der Waals surface area contributed by atoms with Crippen molar-refractivity contribution in [3.63, 3.8) is 0 Å². The lowest BCUT2D eigenvalue weighted by atomic mass is 10.2. The minimum atomic E-state index is -2.87. The molecule has 0 saturated carbocycles. The van der Waals surface area contributed by atoms with Gasteiger partial charge in [-0.2, -0.15) is 0 Å². The van der Waals surface area contributed by atoms with E-state index in [9.17, 15) is 8.42 Å². The molecule has 3 rings (SSSR count). The minimum absolute atomic E-state index is 0.0319. The summed E-state index contributed by atoms with van der Waals surface area (Å²) in [6, 6.07) is -0.0319. The molecule has 2 aromatic heterocycles. The van der Waals surface area contributed by atoms with Crippen LogP contribution in [0.15, 0.2) is 11.7 Å². The molecular formula is C11H13N3O2S2. The summed E-state index contributed by atoms with van der Waals surface area (Å²) in [5.41, 5.74) is 2.07. The molecule has 1 saturated heterocycles. The Labute approximate surface area is 109 Å². The van der Waals surface area contributed by atoms with Crippen LogP contribution in [0.5, 0.6) is 0 Å². The fourth-order valence-corrected chi connectivity index (χ4v) is 4.80. The molecule has 0 aliphatic carbocycles. The van der Waals surface area contributed by atoms with Gasteiger partial charge in [0.05, 0.1) is 21.7 Å². The van der Waals surface area contributed by atoms with Crippen molar-refractivity contribution in [1.82, 2.24) is 9.97 Å². The van der Waals surface area contributed by atoms with Crippen LogP contribution in [-0.4, -0.2) is 35.9 Å². The number of aryl methyl sites for hydroxylation is 1. The Morgan fingerprint density at radius 3 is 3.00 bits per heavy atom. The summed E-state index contributed by atoms with van der Waals surface area (Å²) in [5.74, 6) is 1.21. The van der Waals surface area contributed by atoms with Crippen molar-refractivity contribution in [2.45, 2.75) is 19.4 Å². The van der Waals surface area contributed by atoms with Crippen molar-refractivity contribution < 1.29 is 8.42 Å². The van der Waals surface area contributed by atoms with Crippen LogP contribution in [-0.2, 0) is 9.84 Å². The highest BCUT2D eigenvalue weighted by atomic mass is 32.2. The van der Waals surface area contributed by atoms with Gasteiger partial charge in [0.1, 0.15) is 12.1 Å². The number of anilines is 1. The van der Waals surface area contributed by atoms with E-state index in [-0.39, 0.29) is 17.5 Å². The molecule has 0 amide bonds. The summed E-state index contributed by atoms with van der Waals surface area (Å²) >= 11 is 1.59. The molecule has 18 heavy (non-hydrogen) atoms. The zero-order valence-electron chi connectivity index (χ0n) is 9.88. The van der Waals surface area contributed by atoms with Crippen molar-refractivity contribution in [3.05, 3.63) is 17.3 Å². The molecule has 0 aromatic carbocycles. The van der Waals surface area contributed by atoms with Gasteiger partial charge in [0, 0.05) is 6.04 Å². The van der Waals surface area contributed by atoms with E-state index in [1.807, 2.05) is 12.3 Å². The Morgan fingerprint density at radius 1 is 1.44 bits per heavy atom. The van der Waals surface area contributed by atoms with Crippen LogP contribution in [0.2, 0.25) is 0 Å². The van der Waals surface area contributed by atoms with Gasteiger partial charge in [-0.3, -0.25) is 0 Å². The topological polar surface area (TPSA) is 72.0 Å². The Balaban J connectivity index is 1.92. The first-order valence-corrected chi connectivity index (χ1v) is 8.41. The van der Waals surface area contributed by atoms with Crippen molar-refractivity contribution in [2.75, 3.05) is 16.8 Å². The van der Waals surface area contributed by atoms with Crippen molar-refractivity contribution >= 4 is 37.2 Å². The van der Waals surface area contributed by atoms with E-state index in [2.05, 4.69) is 15.3 Å². The van der Waals surface area contributed by atoms with Crippen LogP contribution >= 0.6 is 11.3 Å². The number of sulfone groups is 1. The number of hydrogen-bond donors (Lipinski definition) is 1. The van der Waals surface area contributed by atoms with Crippen molar-refractivity contribution in [3.8, 4) is 0 Å². The van der Waals surface area contributed by atoms with E-state index in [1.165, 1.54) is 6.33 Å². The zero-order valence-corrected chi connectivity index (χ0v) is 11.5. The van der Waals surface area contributed by atoms with Crippen LogP contribution in [0.25, 0.3) is 10.2 Å². The second-order valence-electron chi connectivity index (χ2n) is 4.56. The molecule has 1 N–H and O–H groups in total. The Kier molecular flexibility index (Phi) is 2.74. The number of rotatable bonds is 2. The van der Waals surface area contributed by atoms with E-state index in [0.29, 0.717) is 6.42 Å². The molecule has 1 aliphatic rings. The zero-order chi connectivity index (χ0) is 12.8. The second kappa shape index (κ2) is 4.17. The maximum atomic E-state index is 11.4. The lowest BCUT2D eigenvalue weighted by molar-refractivity contribution is 0.602. The molecule has 1 atom stereocenters. The molecule has 0 bridgehead atoms. The summed E-state index contributed by atoms with van der Waals surface area (Å²) in [6.07, 6.45) is 2.17. The average Bonchev–Trinajstić information content (AvgIpc) is 2.84. The number of hydrogen-bond acceptors (Lipinski definition) is 6. The molecule has 0 unspecified atom stereocenters. The Bertz CT molecular complexity index is 693. The molecule has 5 nitrogen and oxygen atoms in total. The SMILES string of the molecule is Cc1csc2c(N[C@H]3CCS(=O)(=O)C3)ncnc12. The molecule has 0 spiro atoms. The van der Waals surface area contributed by atoms with Gasteiger partial charge in [-0.1, -0.05) is 0 Å². The summed E-state index contributed by atoms with van der Waals surface area (Å²) in [6.45, 7) is 2.01. The highest BCUT2D eigenvalue weighted by molar-refractivity contribution is 7.91. The standard InChI is InChI=1S/C11H13N3O2S2/c1-7-4-17-10-9(7)12-6-13-11(10)14-8-2-3-18(15,16)5-8/h4,6,8H,2-3,5H2,1H3,(H,12,13,14)/t8-/m0/s1. The van der Waals surface area contributed by atoms with Gasteiger partial charge in [-0.05, 0) is 24.3 Å². The summed E-state index contributed by atoms with van der Waals surface area (Å²) < 4.78 is 23.9. The van der Waals surface area contributed by atoms with Gasteiger partial charge in [0.2, 0.25) is 0 Å². The first-order chi connectivity index (χ1) is 8.55. The normalized spacial score (nSPS) is 22.4. The number of thiophene rings is 1. The fraction of sp³-hybridized carbons (Fsp3) is 0.455. The third kappa shape index (κ3) is 2.08. The van der Waals surface area contributed by atoms with E-state index in [4.69, 9.17) is 0 Å². The van der Waals surface area contributed by atoms with Gasteiger partial charge in [0.15, 0.2) is 9.84 Å². The third-order valence-corrected chi connectivity index (χ3v) is 5.97. The number of fused-ring (bicyclic) bond motifs is 1. The van der Waals surface area contributed by atoms with Gasteiger partial charge < -0.3 is 5.32 Å². The van der Waals surface area contributed by atoms with Crippen LogP contribution in [0.3, 0.4) is 0 Å². The minimum Gasteiger partial charge on any atom is -0.365 e. The predicted octanol–water partition coefficient (Wildman–Crippen LogP) is 1.60. The van der Waals surface area contributed by atoms with Gasteiger partial charge in [-0.25, -0.2) is 18.4 Å². The molecule has 7 heteroatoms. The van der Waals surface area contributed by atoms with Gasteiger partial charge >= 0.3 is 0 Å². The molecule has 0 radical (unpaired) electrons. The van der Waals surface area contributed by atoms with Crippen molar-refractivity contribution in [1.29, 1.82) is 0 Å².